The maximum absolute atomic E-state index is 11.3. The molecule has 2 aliphatic heterocycles. The molecule has 1 N–H and O–H groups in total. The molecule has 0 bridgehead atoms. The molecule has 0 aromatic heterocycles. The zero-order chi connectivity index (χ0) is 14.1. The topological polar surface area (TPSA) is 49.8 Å². The summed E-state index contributed by atoms with van der Waals surface area (Å²) in [6.07, 6.45) is 1.59. The van der Waals surface area contributed by atoms with Crippen molar-refractivity contribution in [2.24, 2.45) is 0 Å². The number of carbonyl (C=O) groups is 1. The average molecular weight is 275 g/mol. The summed E-state index contributed by atoms with van der Waals surface area (Å²) in [5.74, 6) is 1.11. The Hall–Kier alpha value is -1.39. The molecule has 3 rings (SSSR count). The average Bonchev–Trinajstić information content (AvgIpc) is 2.49. The van der Waals surface area contributed by atoms with Crippen LogP contribution in [-0.4, -0.2) is 41.5 Å². The van der Waals surface area contributed by atoms with Gasteiger partial charge in [0.15, 0.2) is 0 Å². The van der Waals surface area contributed by atoms with Crippen LogP contribution in [0.25, 0.3) is 0 Å². The Morgan fingerprint density at radius 2 is 2.10 bits per heavy atom. The molecule has 0 amide bonds. The number of ketones is 1. The van der Waals surface area contributed by atoms with E-state index in [4.69, 9.17) is 4.74 Å². The van der Waals surface area contributed by atoms with Gasteiger partial charge >= 0.3 is 0 Å². The van der Waals surface area contributed by atoms with Crippen molar-refractivity contribution in [1.29, 1.82) is 0 Å². The summed E-state index contributed by atoms with van der Waals surface area (Å²) in [6, 6.07) is 6.00. The number of nitrogens with zero attached hydrogens (tertiary/aromatic N) is 1. The third-order valence-corrected chi connectivity index (χ3v) is 4.40. The lowest BCUT2D eigenvalue weighted by Gasteiger charge is -2.39. The number of Topliss-reactive ketones (excluding diaryl/α,β-unsaturated/α-hetero) is 1. The van der Waals surface area contributed by atoms with Crippen LogP contribution in [0, 0.1) is 0 Å². The van der Waals surface area contributed by atoms with Gasteiger partial charge in [-0.3, -0.25) is 9.69 Å². The van der Waals surface area contributed by atoms with Gasteiger partial charge in [0.1, 0.15) is 24.2 Å². The first kappa shape index (κ1) is 13.6. The summed E-state index contributed by atoms with van der Waals surface area (Å²) >= 11 is 0. The minimum atomic E-state index is -0.529. The fraction of sp³-hybridized carbons (Fsp3) is 0.562. The van der Waals surface area contributed by atoms with E-state index in [0.29, 0.717) is 25.2 Å². The number of hydrogen-bond acceptors (Lipinski definition) is 4. The number of aliphatic hydroxyl groups is 1. The fourth-order valence-corrected chi connectivity index (χ4v) is 3.06. The van der Waals surface area contributed by atoms with Gasteiger partial charge in [-0.05, 0) is 24.1 Å². The Morgan fingerprint density at radius 1 is 1.35 bits per heavy atom. The third kappa shape index (κ3) is 2.45. The quantitative estimate of drug-likeness (QED) is 0.892. The van der Waals surface area contributed by atoms with Crippen LogP contribution in [0.1, 0.15) is 37.0 Å². The van der Waals surface area contributed by atoms with E-state index in [2.05, 4.69) is 11.8 Å². The molecular formula is C16H21NO3. The van der Waals surface area contributed by atoms with Gasteiger partial charge in [0.25, 0.3) is 0 Å². The van der Waals surface area contributed by atoms with Crippen LogP contribution < -0.4 is 4.74 Å². The summed E-state index contributed by atoms with van der Waals surface area (Å²) in [6.45, 7) is 4.05. The molecule has 0 spiro atoms. The van der Waals surface area contributed by atoms with E-state index in [9.17, 15) is 9.90 Å². The van der Waals surface area contributed by atoms with Gasteiger partial charge < -0.3 is 9.84 Å². The van der Waals surface area contributed by atoms with Gasteiger partial charge in [-0.1, -0.05) is 13.0 Å². The lowest BCUT2D eigenvalue weighted by atomic mass is 9.94. The lowest BCUT2D eigenvalue weighted by Crippen LogP contribution is -2.49. The first-order valence-electron chi connectivity index (χ1n) is 7.38. The number of likely N-dealkylation sites (tertiary alicyclic amines) is 1. The van der Waals surface area contributed by atoms with Crippen molar-refractivity contribution in [3.8, 4) is 5.75 Å². The number of aliphatic hydroxyl groups excluding tert-OH is 1. The molecule has 4 heteroatoms. The standard InChI is InChI=1S/C16H21NO3/c1-2-11-3-4-15-13(9-11)16(19)14(10-20-15)17-7-5-12(18)6-8-17/h3-4,9,14,16,19H,2,5-8,10H2,1H3. The molecule has 4 nitrogen and oxygen atoms in total. The highest BCUT2D eigenvalue weighted by molar-refractivity contribution is 5.79. The summed E-state index contributed by atoms with van der Waals surface area (Å²) < 4.78 is 5.80. The number of rotatable bonds is 2. The number of ether oxygens (including phenoxy) is 1. The van der Waals surface area contributed by atoms with Crippen molar-refractivity contribution >= 4 is 5.78 Å². The molecule has 0 radical (unpaired) electrons. The normalized spacial score (nSPS) is 27.0. The van der Waals surface area contributed by atoms with Gasteiger partial charge in [0.05, 0.1) is 6.04 Å². The molecule has 108 valence electrons. The van der Waals surface area contributed by atoms with Crippen LogP contribution in [0.5, 0.6) is 5.75 Å². The van der Waals surface area contributed by atoms with Crippen LogP contribution in [0.3, 0.4) is 0 Å². The highest BCUT2D eigenvalue weighted by atomic mass is 16.5. The molecule has 2 unspecified atom stereocenters. The Labute approximate surface area is 119 Å². The summed E-state index contributed by atoms with van der Waals surface area (Å²) in [5.41, 5.74) is 2.10. The van der Waals surface area contributed by atoms with Gasteiger partial charge in [-0.15, -0.1) is 0 Å². The molecule has 1 aromatic rings. The Balaban J connectivity index is 1.80. The minimum Gasteiger partial charge on any atom is -0.491 e. The lowest BCUT2D eigenvalue weighted by molar-refractivity contribution is -0.123. The van der Waals surface area contributed by atoms with Gasteiger partial charge in [-0.25, -0.2) is 0 Å². The molecular weight excluding hydrogens is 254 g/mol. The predicted octanol–water partition coefficient (Wildman–Crippen LogP) is 1.71. The first-order chi connectivity index (χ1) is 9.69. The zero-order valence-corrected chi connectivity index (χ0v) is 11.8. The maximum Gasteiger partial charge on any atom is 0.135 e. The van der Waals surface area contributed by atoms with Crippen molar-refractivity contribution in [3.63, 3.8) is 0 Å². The zero-order valence-electron chi connectivity index (χ0n) is 11.8. The van der Waals surface area contributed by atoms with Crippen LogP contribution >= 0.6 is 0 Å². The highest BCUT2D eigenvalue weighted by Crippen LogP contribution is 2.35. The minimum absolute atomic E-state index is 0.0392. The molecule has 2 atom stereocenters. The maximum atomic E-state index is 11.3. The Morgan fingerprint density at radius 3 is 2.80 bits per heavy atom. The largest absolute Gasteiger partial charge is 0.491 e. The van der Waals surface area contributed by atoms with Crippen molar-refractivity contribution < 1.29 is 14.6 Å². The highest BCUT2D eigenvalue weighted by Gasteiger charge is 2.35. The van der Waals surface area contributed by atoms with E-state index in [1.807, 2.05) is 18.2 Å². The predicted molar refractivity (Wildman–Crippen MR) is 75.9 cm³/mol. The fourth-order valence-electron chi connectivity index (χ4n) is 3.06. The molecule has 1 aromatic carbocycles. The van der Waals surface area contributed by atoms with E-state index < -0.39 is 6.10 Å². The summed E-state index contributed by atoms with van der Waals surface area (Å²) in [5, 5.41) is 10.7. The second-order valence-electron chi connectivity index (χ2n) is 5.62. The van der Waals surface area contributed by atoms with Crippen molar-refractivity contribution in [3.05, 3.63) is 29.3 Å². The Kier molecular flexibility index (Phi) is 3.76. The van der Waals surface area contributed by atoms with Gasteiger partial charge in [0.2, 0.25) is 0 Å². The first-order valence-corrected chi connectivity index (χ1v) is 7.38. The number of fused-ring (bicyclic) bond motifs is 1. The summed E-state index contributed by atoms with van der Waals surface area (Å²) in [7, 11) is 0. The molecule has 1 fully saturated rings. The molecule has 0 saturated carbocycles. The number of benzene rings is 1. The van der Waals surface area contributed by atoms with E-state index in [0.717, 1.165) is 30.8 Å². The Bertz CT molecular complexity index is 504. The van der Waals surface area contributed by atoms with Crippen LogP contribution in [0.2, 0.25) is 0 Å². The van der Waals surface area contributed by atoms with Gasteiger partial charge in [-0.2, -0.15) is 0 Å². The number of piperidine rings is 1. The molecule has 1 saturated heterocycles. The van der Waals surface area contributed by atoms with E-state index in [1.54, 1.807) is 0 Å². The van der Waals surface area contributed by atoms with Crippen LogP contribution in [0.4, 0.5) is 0 Å². The van der Waals surface area contributed by atoms with Crippen molar-refractivity contribution in [2.75, 3.05) is 19.7 Å². The second kappa shape index (κ2) is 5.54. The molecule has 0 aliphatic carbocycles. The molecule has 2 heterocycles. The number of carbonyl (C=O) groups excluding carboxylic acids is 1. The van der Waals surface area contributed by atoms with E-state index in [1.165, 1.54) is 5.56 Å². The van der Waals surface area contributed by atoms with Gasteiger partial charge in [0, 0.05) is 31.5 Å². The molecule has 20 heavy (non-hydrogen) atoms. The van der Waals surface area contributed by atoms with Crippen LogP contribution in [0.15, 0.2) is 18.2 Å². The SMILES string of the molecule is CCc1ccc2c(c1)C(O)C(N1CCC(=O)CC1)CO2. The smallest absolute Gasteiger partial charge is 0.135 e. The summed E-state index contributed by atoms with van der Waals surface area (Å²) in [4.78, 5) is 13.5. The number of aryl methyl sites for hydroxylation is 1. The third-order valence-electron chi connectivity index (χ3n) is 4.40. The second-order valence-corrected chi connectivity index (χ2v) is 5.62. The molecule has 2 aliphatic rings. The van der Waals surface area contributed by atoms with Crippen molar-refractivity contribution in [2.45, 2.75) is 38.3 Å². The van der Waals surface area contributed by atoms with E-state index >= 15 is 0 Å². The van der Waals surface area contributed by atoms with Crippen LogP contribution in [-0.2, 0) is 11.2 Å². The number of hydrogen-bond donors (Lipinski definition) is 1. The van der Waals surface area contributed by atoms with E-state index in [-0.39, 0.29) is 6.04 Å². The van der Waals surface area contributed by atoms with Crippen molar-refractivity contribution in [1.82, 2.24) is 4.90 Å². The monoisotopic (exact) mass is 275 g/mol.